The van der Waals surface area contributed by atoms with Gasteiger partial charge in [-0.15, -0.1) is 0 Å². The first-order valence-corrected chi connectivity index (χ1v) is 7.09. The van der Waals surface area contributed by atoms with Crippen molar-refractivity contribution in [1.29, 1.82) is 0 Å². The van der Waals surface area contributed by atoms with Crippen molar-refractivity contribution in [2.75, 3.05) is 39.4 Å². The van der Waals surface area contributed by atoms with Gasteiger partial charge in [-0.1, -0.05) is 34.1 Å². The molecule has 0 bridgehead atoms. The monoisotopic (exact) mass is 242 g/mol. The molecule has 1 saturated heterocycles. The summed E-state index contributed by atoms with van der Waals surface area (Å²) in [4.78, 5) is 2.56. The summed E-state index contributed by atoms with van der Waals surface area (Å²) in [5, 5.41) is 3.60. The molecule has 1 fully saturated rings. The van der Waals surface area contributed by atoms with Crippen molar-refractivity contribution in [2.24, 2.45) is 5.41 Å². The summed E-state index contributed by atoms with van der Waals surface area (Å²) in [5.74, 6) is 0. The predicted molar refractivity (Wildman–Crippen MR) is 73.4 cm³/mol. The highest BCUT2D eigenvalue weighted by atomic mass is 16.5. The summed E-state index contributed by atoms with van der Waals surface area (Å²) in [7, 11) is 0. The highest BCUT2D eigenvalue weighted by Gasteiger charge is 2.27. The standard InChI is InChI=1S/C14H30N2O/c1-5-6-14(4,11-15-13(2)3)12-16-7-9-17-10-8-16/h13,15H,5-12H2,1-4H3. The summed E-state index contributed by atoms with van der Waals surface area (Å²) >= 11 is 0. The Morgan fingerprint density at radius 2 is 1.94 bits per heavy atom. The fourth-order valence-corrected chi connectivity index (χ4v) is 2.58. The molecule has 0 aromatic carbocycles. The van der Waals surface area contributed by atoms with Gasteiger partial charge in [0.2, 0.25) is 0 Å². The molecule has 1 heterocycles. The van der Waals surface area contributed by atoms with Gasteiger partial charge in [-0.3, -0.25) is 4.90 Å². The Morgan fingerprint density at radius 1 is 1.29 bits per heavy atom. The number of hydrogen-bond donors (Lipinski definition) is 1. The van der Waals surface area contributed by atoms with E-state index in [2.05, 4.69) is 37.9 Å². The van der Waals surface area contributed by atoms with Crippen LogP contribution in [0.3, 0.4) is 0 Å². The molecule has 0 aromatic rings. The van der Waals surface area contributed by atoms with Crippen LogP contribution in [0.2, 0.25) is 0 Å². The van der Waals surface area contributed by atoms with E-state index >= 15 is 0 Å². The summed E-state index contributed by atoms with van der Waals surface area (Å²) in [5.41, 5.74) is 0.399. The van der Waals surface area contributed by atoms with Crippen LogP contribution in [-0.4, -0.2) is 50.3 Å². The minimum Gasteiger partial charge on any atom is -0.379 e. The lowest BCUT2D eigenvalue weighted by molar-refractivity contribution is 0.0167. The lowest BCUT2D eigenvalue weighted by atomic mass is 9.84. The van der Waals surface area contributed by atoms with Gasteiger partial charge in [-0.05, 0) is 11.8 Å². The van der Waals surface area contributed by atoms with Gasteiger partial charge in [0.05, 0.1) is 13.2 Å². The van der Waals surface area contributed by atoms with Gasteiger partial charge in [-0.2, -0.15) is 0 Å². The number of nitrogens with zero attached hydrogens (tertiary/aromatic N) is 1. The van der Waals surface area contributed by atoms with Gasteiger partial charge >= 0.3 is 0 Å². The molecule has 0 aromatic heterocycles. The quantitative estimate of drug-likeness (QED) is 0.740. The molecule has 1 N–H and O–H groups in total. The molecular formula is C14H30N2O. The summed E-state index contributed by atoms with van der Waals surface area (Å²) in [6.07, 6.45) is 2.56. The van der Waals surface area contributed by atoms with E-state index in [1.54, 1.807) is 0 Å². The Morgan fingerprint density at radius 3 is 2.47 bits per heavy atom. The minimum absolute atomic E-state index is 0.399. The summed E-state index contributed by atoms with van der Waals surface area (Å²) in [6.45, 7) is 15.5. The van der Waals surface area contributed by atoms with E-state index in [-0.39, 0.29) is 0 Å². The molecule has 0 radical (unpaired) electrons. The Balaban J connectivity index is 2.43. The first kappa shape index (κ1) is 14.9. The maximum atomic E-state index is 5.42. The van der Waals surface area contributed by atoms with Crippen LogP contribution in [0.4, 0.5) is 0 Å². The predicted octanol–water partition coefficient (Wildman–Crippen LogP) is 2.12. The third kappa shape index (κ3) is 5.84. The van der Waals surface area contributed by atoms with Crippen molar-refractivity contribution in [3.63, 3.8) is 0 Å². The van der Waals surface area contributed by atoms with Gasteiger partial charge < -0.3 is 10.1 Å². The molecule has 1 rings (SSSR count). The Labute approximate surface area is 107 Å². The molecule has 0 saturated carbocycles. The molecule has 1 aliphatic heterocycles. The fourth-order valence-electron chi connectivity index (χ4n) is 2.58. The van der Waals surface area contributed by atoms with Crippen molar-refractivity contribution in [3.8, 4) is 0 Å². The number of morpholine rings is 1. The van der Waals surface area contributed by atoms with Crippen molar-refractivity contribution in [1.82, 2.24) is 10.2 Å². The van der Waals surface area contributed by atoms with Gasteiger partial charge in [0.25, 0.3) is 0 Å². The van der Waals surface area contributed by atoms with Gasteiger partial charge in [-0.25, -0.2) is 0 Å². The van der Waals surface area contributed by atoms with E-state index in [9.17, 15) is 0 Å². The van der Waals surface area contributed by atoms with Crippen LogP contribution in [0, 0.1) is 5.41 Å². The third-order valence-corrected chi connectivity index (χ3v) is 3.50. The molecule has 3 nitrogen and oxygen atoms in total. The van der Waals surface area contributed by atoms with Gasteiger partial charge in [0.15, 0.2) is 0 Å². The van der Waals surface area contributed by atoms with Crippen LogP contribution in [0.25, 0.3) is 0 Å². The lowest BCUT2D eigenvalue weighted by Crippen LogP contribution is -2.47. The maximum absolute atomic E-state index is 5.42. The van der Waals surface area contributed by atoms with Crippen LogP contribution < -0.4 is 5.32 Å². The molecule has 1 aliphatic rings. The molecule has 0 spiro atoms. The highest BCUT2D eigenvalue weighted by Crippen LogP contribution is 2.24. The highest BCUT2D eigenvalue weighted by molar-refractivity contribution is 4.82. The fraction of sp³-hybridized carbons (Fsp3) is 1.00. The summed E-state index contributed by atoms with van der Waals surface area (Å²) < 4.78 is 5.42. The molecule has 0 aliphatic carbocycles. The SMILES string of the molecule is CCCC(C)(CNC(C)C)CN1CCOCC1. The van der Waals surface area contributed by atoms with Crippen LogP contribution in [-0.2, 0) is 4.74 Å². The Kier molecular flexibility index (Phi) is 6.45. The molecule has 17 heavy (non-hydrogen) atoms. The van der Waals surface area contributed by atoms with E-state index < -0.39 is 0 Å². The largest absolute Gasteiger partial charge is 0.379 e. The van der Waals surface area contributed by atoms with Crippen molar-refractivity contribution in [3.05, 3.63) is 0 Å². The van der Waals surface area contributed by atoms with E-state index in [0.717, 1.165) is 32.8 Å². The zero-order chi connectivity index (χ0) is 12.7. The first-order valence-electron chi connectivity index (χ1n) is 7.09. The summed E-state index contributed by atoms with van der Waals surface area (Å²) in [6, 6.07) is 0.580. The van der Waals surface area contributed by atoms with Crippen LogP contribution >= 0.6 is 0 Å². The van der Waals surface area contributed by atoms with Crippen LogP contribution in [0.1, 0.15) is 40.5 Å². The van der Waals surface area contributed by atoms with Crippen LogP contribution in [0.5, 0.6) is 0 Å². The Bertz CT molecular complexity index is 202. The molecule has 1 atom stereocenters. The molecule has 0 amide bonds. The average molecular weight is 242 g/mol. The van der Waals surface area contributed by atoms with Crippen LogP contribution in [0.15, 0.2) is 0 Å². The first-order chi connectivity index (χ1) is 8.06. The number of rotatable bonds is 7. The van der Waals surface area contributed by atoms with E-state index in [1.165, 1.54) is 19.4 Å². The van der Waals surface area contributed by atoms with E-state index in [4.69, 9.17) is 4.74 Å². The Hall–Kier alpha value is -0.120. The van der Waals surface area contributed by atoms with E-state index in [0.29, 0.717) is 11.5 Å². The normalized spacial score (nSPS) is 21.7. The zero-order valence-electron chi connectivity index (χ0n) is 12.1. The number of hydrogen-bond acceptors (Lipinski definition) is 3. The van der Waals surface area contributed by atoms with Gasteiger partial charge in [0.1, 0.15) is 0 Å². The second-order valence-electron chi connectivity index (χ2n) is 5.98. The van der Waals surface area contributed by atoms with Crippen molar-refractivity contribution >= 4 is 0 Å². The van der Waals surface area contributed by atoms with E-state index in [1.807, 2.05) is 0 Å². The third-order valence-electron chi connectivity index (χ3n) is 3.50. The number of nitrogens with one attached hydrogen (secondary N) is 1. The minimum atomic E-state index is 0.399. The van der Waals surface area contributed by atoms with Gasteiger partial charge in [0, 0.05) is 32.2 Å². The number of ether oxygens (including phenoxy) is 1. The van der Waals surface area contributed by atoms with Crippen molar-refractivity contribution < 1.29 is 4.74 Å². The second-order valence-corrected chi connectivity index (χ2v) is 5.98. The molecule has 1 unspecified atom stereocenters. The zero-order valence-corrected chi connectivity index (χ0v) is 12.1. The topological polar surface area (TPSA) is 24.5 Å². The molecule has 102 valence electrons. The van der Waals surface area contributed by atoms with Crippen molar-refractivity contribution in [2.45, 2.75) is 46.6 Å². The molecule has 3 heteroatoms. The molecular weight excluding hydrogens is 212 g/mol. The lowest BCUT2D eigenvalue weighted by Gasteiger charge is -2.38. The maximum Gasteiger partial charge on any atom is 0.0594 e. The smallest absolute Gasteiger partial charge is 0.0594 e. The average Bonchev–Trinajstić information content (AvgIpc) is 2.28. The second kappa shape index (κ2) is 7.34.